The number of amides is 2. The van der Waals surface area contributed by atoms with Gasteiger partial charge in [0.05, 0.1) is 12.1 Å². The van der Waals surface area contributed by atoms with Gasteiger partial charge >= 0.3 is 0 Å². The molecule has 1 aromatic rings. The Balaban J connectivity index is 2.52. The van der Waals surface area contributed by atoms with Gasteiger partial charge in [-0.3, -0.25) is 9.59 Å². The normalized spacial score (nSPS) is 11.1. The molecule has 0 bridgehead atoms. The van der Waals surface area contributed by atoms with Crippen LogP contribution in [0.25, 0.3) is 0 Å². The topological polar surface area (TPSA) is 49.4 Å². The van der Waals surface area contributed by atoms with E-state index in [1.54, 1.807) is 18.5 Å². The first-order valence-corrected chi connectivity index (χ1v) is 6.32. The zero-order valence-electron chi connectivity index (χ0n) is 10.6. The third kappa shape index (κ3) is 4.56. The van der Waals surface area contributed by atoms with Crippen LogP contribution < -0.4 is 5.32 Å². The first-order valence-electron chi connectivity index (χ1n) is 5.38. The minimum Gasteiger partial charge on any atom is -0.350 e. The molecule has 0 aliphatic carbocycles. The summed E-state index contributed by atoms with van der Waals surface area (Å²) in [5, 5.41) is 6.44. The first kappa shape index (κ1) is 13.7. The van der Waals surface area contributed by atoms with Gasteiger partial charge in [-0.2, -0.15) is 11.3 Å². The van der Waals surface area contributed by atoms with Crippen molar-refractivity contribution in [3.8, 4) is 0 Å². The Morgan fingerprint density at radius 2 is 2.06 bits per heavy atom. The van der Waals surface area contributed by atoms with Crippen molar-refractivity contribution in [2.75, 3.05) is 13.6 Å². The highest BCUT2D eigenvalue weighted by molar-refractivity contribution is 7.08. The van der Waals surface area contributed by atoms with E-state index in [4.69, 9.17) is 0 Å². The van der Waals surface area contributed by atoms with Gasteiger partial charge in [-0.15, -0.1) is 0 Å². The number of likely N-dealkylation sites (N-methyl/N-ethyl adjacent to an activating group) is 1. The summed E-state index contributed by atoms with van der Waals surface area (Å²) in [6.45, 7) is 5.80. The van der Waals surface area contributed by atoms with Gasteiger partial charge in [-0.05, 0) is 32.2 Å². The zero-order chi connectivity index (χ0) is 13.1. The molecule has 1 heterocycles. The van der Waals surface area contributed by atoms with E-state index >= 15 is 0 Å². The fourth-order valence-corrected chi connectivity index (χ4v) is 1.98. The molecule has 17 heavy (non-hydrogen) atoms. The van der Waals surface area contributed by atoms with Crippen molar-refractivity contribution in [2.45, 2.75) is 26.3 Å². The zero-order valence-corrected chi connectivity index (χ0v) is 11.4. The lowest BCUT2D eigenvalue weighted by Gasteiger charge is -2.23. The van der Waals surface area contributed by atoms with E-state index in [1.165, 1.54) is 16.2 Å². The van der Waals surface area contributed by atoms with Crippen molar-refractivity contribution in [1.82, 2.24) is 10.2 Å². The van der Waals surface area contributed by atoms with Crippen LogP contribution in [0.15, 0.2) is 16.8 Å². The molecule has 0 unspecified atom stereocenters. The summed E-state index contributed by atoms with van der Waals surface area (Å²) in [5.41, 5.74) is 0.352. The summed E-state index contributed by atoms with van der Waals surface area (Å²) in [6.07, 6.45) is 0. The molecule has 0 saturated carbocycles. The fraction of sp³-hybridized carbons (Fsp3) is 0.500. The van der Waals surface area contributed by atoms with Gasteiger partial charge in [0.25, 0.3) is 5.91 Å². The minimum absolute atomic E-state index is 0.0753. The fourth-order valence-electron chi connectivity index (χ4n) is 1.35. The van der Waals surface area contributed by atoms with Crippen LogP contribution >= 0.6 is 11.3 Å². The van der Waals surface area contributed by atoms with E-state index < -0.39 is 0 Å². The van der Waals surface area contributed by atoms with E-state index in [9.17, 15) is 9.59 Å². The number of hydrogen-bond acceptors (Lipinski definition) is 3. The second kappa shape index (κ2) is 5.31. The summed E-state index contributed by atoms with van der Waals surface area (Å²) in [6, 6.07) is 1.76. The molecule has 4 nitrogen and oxygen atoms in total. The maximum Gasteiger partial charge on any atom is 0.254 e. The Hall–Kier alpha value is -1.36. The monoisotopic (exact) mass is 254 g/mol. The Bertz CT molecular complexity index is 393. The van der Waals surface area contributed by atoms with E-state index in [1.807, 2.05) is 26.2 Å². The summed E-state index contributed by atoms with van der Waals surface area (Å²) in [4.78, 5) is 24.9. The molecule has 1 rings (SSSR count). The van der Waals surface area contributed by atoms with Crippen molar-refractivity contribution in [3.05, 3.63) is 22.4 Å². The Kier molecular flexibility index (Phi) is 4.28. The molecule has 1 aromatic heterocycles. The van der Waals surface area contributed by atoms with E-state index in [-0.39, 0.29) is 23.9 Å². The molecule has 0 spiro atoms. The molecule has 0 aromatic carbocycles. The van der Waals surface area contributed by atoms with Crippen LogP contribution in [0.5, 0.6) is 0 Å². The SMILES string of the molecule is CN(CC(=O)NC(C)(C)C)C(=O)c1ccsc1. The highest BCUT2D eigenvalue weighted by Crippen LogP contribution is 2.08. The van der Waals surface area contributed by atoms with Crippen molar-refractivity contribution < 1.29 is 9.59 Å². The van der Waals surface area contributed by atoms with Gasteiger partial charge in [0.1, 0.15) is 0 Å². The third-order valence-corrected chi connectivity index (χ3v) is 2.69. The van der Waals surface area contributed by atoms with Gasteiger partial charge in [-0.1, -0.05) is 0 Å². The molecule has 0 fully saturated rings. The van der Waals surface area contributed by atoms with Crippen LogP contribution in [0.2, 0.25) is 0 Å². The quantitative estimate of drug-likeness (QED) is 0.893. The van der Waals surface area contributed by atoms with Gasteiger partial charge in [0, 0.05) is 18.0 Å². The molecule has 0 atom stereocenters. The molecule has 0 saturated heterocycles. The number of carbonyl (C=O) groups is 2. The molecule has 1 N–H and O–H groups in total. The average molecular weight is 254 g/mol. The number of nitrogens with one attached hydrogen (secondary N) is 1. The maximum atomic E-state index is 11.9. The van der Waals surface area contributed by atoms with Gasteiger partial charge in [0.15, 0.2) is 0 Å². The average Bonchev–Trinajstić information content (AvgIpc) is 2.65. The van der Waals surface area contributed by atoms with Gasteiger partial charge in [0.2, 0.25) is 5.91 Å². The van der Waals surface area contributed by atoms with Gasteiger partial charge < -0.3 is 10.2 Å². The molecule has 0 aliphatic rings. The lowest BCUT2D eigenvalue weighted by atomic mass is 10.1. The molecule has 5 heteroatoms. The maximum absolute atomic E-state index is 11.9. The summed E-state index contributed by atoms with van der Waals surface area (Å²) in [5.74, 6) is -0.279. The number of carbonyl (C=O) groups excluding carboxylic acids is 2. The van der Waals surface area contributed by atoms with E-state index in [0.29, 0.717) is 5.56 Å². The lowest BCUT2D eigenvalue weighted by molar-refractivity contribution is -0.122. The standard InChI is InChI=1S/C12H18N2O2S/c1-12(2,3)13-10(15)7-14(4)11(16)9-5-6-17-8-9/h5-6,8H,7H2,1-4H3,(H,13,15). The molecular formula is C12H18N2O2S. The Labute approximate surface area is 106 Å². The predicted molar refractivity (Wildman–Crippen MR) is 69.2 cm³/mol. The van der Waals surface area contributed by atoms with Crippen LogP contribution in [0.1, 0.15) is 31.1 Å². The molecular weight excluding hydrogens is 236 g/mol. The number of nitrogens with zero attached hydrogens (tertiary/aromatic N) is 1. The molecule has 0 aliphatic heterocycles. The van der Waals surface area contributed by atoms with Crippen molar-refractivity contribution in [3.63, 3.8) is 0 Å². The Morgan fingerprint density at radius 1 is 1.41 bits per heavy atom. The highest BCUT2D eigenvalue weighted by Gasteiger charge is 2.18. The smallest absolute Gasteiger partial charge is 0.254 e. The molecule has 2 amide bonds. The summed E-state index contributed by atoms with van der Waals surface area (Å²) >= 11 is 1.47. The predicted octanol–water partition coefficient (Wildman–Crippen LogP) is 1.73. The summed E-state index contributed by atoms with van der Waals surface area (Å²) in [7, 11) is 1.63. The van der Waals surface area contributed by atoms with Crippen LogP contribution in [0, 0.1) is 0 Å². The highest BCUT2D eigenvalue weighted by atomic mass is 32.1. The molecule has 0 radical (unpaired) electrons. The van der Waals surface area contributed by atoms with E-state index in [2.05, 4.69) is 5.32 Å². The van der Waals surface area contributed by atoms with Crippen molar-refractivity contribution >= 4 is 23.2 Å². The van der Waals surface area contributed by atoms with Crippen LogP contribution in [-0.4, -0.2) is 35.8 Å². The van der Waals surface area contributed by atoms with Gasteiger partial charge in [-0.25, -0.2) is 0 Å². The third-order valence-electron chi connectivity index (χ3n) is 2.01. The number of hydrogen-bond donors (Lipinski definition) is 1. The Morgan fingerprint density at radius 3 is 2.53 bits per heavy atom. The van der Waals surface area contributed by atoms with Crippen LogP contribution in [-0.2, 0) is 4.79 Å². The summed E-state index contributed by atoms with van der Waals surface area (Å²) < 4.78 is 0. The van der Waals surface area contributed by atoms with E-state index in [0.717, 1.165) is 0 Å². The second-order valence-electron chi connectivity index (χ2n) is 4.97. The van der Waals surface area contributed by atoms with Crippen molar-refractivity contribution in [2.24, 2.45) is 0 Å². The lowest BCUT2D eigenvalue weighted by Crippen LogP contribution is -2.46. The van der Waals surface area contributed by atoms with Crippen LogP contribution in [0.4, 0.5) is 0 Å². The molecule has 94 valence electrons. The first-order chi connectivity index (χ1) is 7.79. The minimum atomic E-state index is -0.274. The number of rotatable bonds is 3. The number of thiophene rings is 1. The largest absolute Gasteiger partial charge is 0.350 e. The van der Waals surface area contributed by atoms with Crippen LogP contribution in [0.3, 0.4) is 0 Å². The second-order valence-corrected chi connectivity index (χ2v) is 5.75. The van der Waals surface area contributed by atoms with Crippen molar-refractivity contribution in [1.29, 1.82) is 0 Å².